The number of carbonyl (C=O) groups excluding carboxylic acids is 1. The van der Waals surface area contributed by atoms with E-state index in [1.807, 2.05) is 36.4 Å². The van der Waals surface area contributed by atoms with Gasteiger partial charge in [-0.05, 0) is 58.5 Å². The van der Waals surface area contributed by atoms with E-state index in [2.05, 4.69) is 50.3 Å². The third kappa shape index (κ3) is 6.37. The number of nitrogens with one attached hydrogen (secondary N) is 2. The lowest BCUT2D eigenvalue weighted by Crippen LogP contribution is -2.35. The molecule has 4 nitrogen and oxygen atoms in total. The number of hydrazine groups is 1. The number of amides is 1. The van der Waals surface area contributed by atoms with E-state index in [9.17, 15) is 4.79 Å². The van der Waals surface area contributed by atoms with Gasteiger partial charge in [-0.2, -0.15) is 0 Å². The first-order chi connectivity index (χ1) is 14.7. The number of carbonyl (C=O) groups is 1. The summed E-state index contributed by atoms with van der Waals surface area (Å²) in [6, 6.07) is 22.6. The standard InChI is InChI=1S/C26H27ClN2O2/c1-18(20-7-11-22(12-8-20)26(2,3)4)28-29-25(30)21-9-15-24(16-10-21)31-17-19-5-13-23(27)14-6-19/h5-16,28H,1,17H2,2-4H3,(H,29,30). The number of rotatable bonds is 7. The van der Waals surface area contributed by atoms with Crippen LogP contribution < -0.4 is 15.6 Å². The van der Waals surface area contributed by atoms with Crippen LogP contribution in [0, 0.1) is 0 Å². The molecule has 0 saturated carbocycles. The van der Waals surface area contributed by atoms with Crippen LogP contribution in [0.4, 0.5) is 0 Å². The van der Waals surface area contributed by atoms with E-state index in [4.69, 9.17) is 16.3 Å². The lowest BCUT2D eigenvalue weighted by atomic mass is 9.86. The van der Waals surface area contributed by atoms with Gasteiger partial charge in [0.15, 0.2) is 0 Å². The van der Waals surface area contributed by atoms with Crippen LogP contribution in [0.2, 0.25) is 5.02 Å². The van der Waals surface area contributed by atoms with Crippen LogP contribution in [0.15, 0.2) is 79.4 Å². The van der Waals surface area contributed by atoms with E-state index in [0.29, 0.717) is 28.6 Å². The SMILES string of the molecule is C=C(NNC(=O)c1ccc(OCc2ccc(Cl)cc2)cc1)c1ccc(C(C)(C)C)cc1. The minimum Gasteiger partial charge on any atom is -0.489 e. The van der Waals surface area contributed by atoms with Gasteiger partial charge in [-0.25, -0.2) is 0 Å². The highest BCUT2D eigenvalue weighted by atomic mass is 35.5. The van der Waals surface area contributed by atoms with Gasteiger partial charge in [-0.3, -0.25) is 15.6 Å². The summed E-state index contributed by atoms with van der Waals surface area (Å²) in [5.41, 5.74) is 9.97. The molecule has 3 aromatic rings. The maximum atomic E-state index is 12.4. The van der Waals surface area contributed by atoms with Crippen molar-refractivity contribution in [3.8, 4) is 5.75 Å². The molecule has 3 rings (SSSR count). The van der Waals surface area contributed by atoms with Gasteiger partial charge in [0.05, 0.1) is 5.70 Å². The van der Waals surface area contributed by atoms with E-state index in [-0.39, 0.29) is 11.3 Å². The van der Waals surface area contributed by atoms with Gasteiger partial charge >= 0.3 is 0 Å². The highest BCUT2D eigenvalue weighted by Crippen LogP contribution is 2.23. The highest BCUT2D eigenvalue weighted by Gasteiger charge is 2.13. The first kappa shape index (κ1) is 22.4. The molecule has 0 aliphatic rings. The smallest absolute Gasteiger partial charge is 0.269 e. The molecule has 0 aliphatic heterocycles. The van der Waals surface area contributed by atoms with Crippen molar-refractivity contribution in [1.29, 1.82) is 0 Å². The fourth-order valence-corrected chi connectivity index (χ4v) is 3.02. The summed E-state index contributed by atoms with van der Waals surface area (Å²) in [6.45, 7) is 10.9. The summed E-state index contributed by atoms with van der Waals surface area (Å²) in [7, 11) is 0. The Morgan fingerprint density at radius 2 is 1.45 bits per heavy atom. The fourth-order valence-electron chi connectivity index (χ4n) is 2.90. The average molecular weight is 435 g/mol. The molecule has 0 unspecified atom stereocenters. The van der Waals surface area contributed by atoms with Gasteiger partial charge in [0.1, 0.15) is 12.4 Å². The first-order valence-electron chi connectivity index (χ1n) is 10.1. The predicted molar refractivity (Wildman–Crippen MR) is 127 cm³/mol. The van der Waals surface area contributed by atoms with Gasteiger partial charge in [-0.15, -0.1) is 0 Å². The molecule has 0 fully saturated rings. The summed E-state index contributed by atoms with van der Waals surface area (Å²) in [5, 5.41) is 0.692. The van der Waals surface area contributed by atoms with Crippen LogP contribution in [0.1, 0.15) is 47.8 Å². The largest absolute Gasteiger partial charge is 0.489 e. The summed E-state index contributed by atoms with van der Waals surface area (Å²) in [5.74, 6) is 0.430. The van der Waals surface area contributed by atoms with Gasteiger partial charge in [-0.1, -0.05) is 75.3 Å². The normalized spacial score (nSPS) is 11.0. The van der Waals surface area contributed by atoms with Crippen molar-refractivity contribution in [3.05, 3.63) is 107 Å². The third-order valence-corrected chi connectivity index (χ3v) is 5.11. The van der Waals surface area contributed by atoms with E-state index in [1.54, 1.807) is 24.3 Å². The van der Waals surface area contributed by atoms with Crippen molar-refractivity contribution >= 4 is 23.2 Å². The second kappa shape index (κ2) is 9.71. The quantitative estimate of drug-likeness (QED) is 0.440. The Morgan fingerprint density at radius 3 is 2.03 bits per heavy atom. The number of halogens is 1. The van der Waals surface area contributed by atoms with Crippen LogP contribution in [0.3, 0.4) is 0 Å². The number of hydrogen-bond acceptors (Lipinski definition) is 3. The van der Waals surface area contributed by atoms with Gasteiger partial charge in [0.2, 0.25) is 0 Å². The molecule has 31 heavy (non-hydrogen) atoms. The average Bonchev–Trinajstić information content (AvgIpc) is 2.76. The van der Waals surface area contributed by atoms with E-state index in [0.717, 1.165) is 11.1 Å². The Morgan fingerprint density at radius 1 is 0.871 bits per heavy atom. The van der Waals surface area contributed by atoms with Crippen molar-refractivity contribution in [2.75, 3.05) is 0 Å². The van der Waals surface area contributed by atoms with Gasteiger partial charge < -0.3 is 4.74 Å². The molecule has 5 heteroatoms. The molecule has 0 aromatic heterocycles. The summed E-state index contributed by atoms with van der Waals surface area (Å²) in [6.07, 6.45) is 0. The molecule has 2 N–H and O–H groups in total. The zero-order chi connectivity index (χ0) is 22.4. The third-order valence-electron chi connectivity index (χ3n) is 4.86. The summed E-state index contributed by atoms with van der Waals surface area (Å²) in [4.78, 5) is 12.4. The number of ether oxygens (including phenoxy) is 1. The Labute approximate surface area is 188 Å². The van der Waals surface area contributed by atoms with Crippen LogP contribution in [0.25, 0.3) is 5.70 Å². The molecule has 0 heterocycles. The molecule has 0 atom stereocenters. The zero-order valence-corrected chi connectivity index (χ0v) is 18.8. The molecule has 0 bridgehead atoms. The van der Waals surface area contributed by atoms with Gasteiger partial charge in [0.25, 0.3) is 5.91 Å². The van der Waals surface area contributed by atoms with Crippen LogP contribution in [-0.2, 0) is 12.0 Å². The highest BCUT2D eigenvalue weighted by molar-refractivity contribution is 6.30. The zero-order valence-electron chi connectivity index (χ0n) is 18.0. The van der Waals surface area contributed by atoms with Gasteiger partial charge in [0, 0.05) is 10.6 Å². The Hall–Kier alpha value is -3.24. The van der Waals surface area contributed by atoms with Crippen LogP contribution in [-0.4, -0.2) is 5.91 Å². The summed E-state index contributed by atoms with van der Waals surface area (Å²) < 4.78 is 5.75. The first-order valence-corrected chi connectivity index (χ1v) is 10.4. The summed E-state index contributed by atoms with van der Waals surface area (Å²) >= 11 is 5.89. The second-order valence-electron chi connectivity index (χ2n) is 8.32. The maximum Gasteiger partial charge on any atom is 0.269 e. The van der Waals surface area contributed by atoms with E-state index < -0.39 is 0 Å². The number of hydrogen-bond donors (Lipinski definition) is 2. The monoisotopic (exact) mass is 434 g/mol. The molecule has 3 aromatic carbocycles. The molecular formula is C26H27ClN2O2. The minimum absolute atomic E-state index is 0.0895. The van der Waals surface area contributed by atoms with Crippen LogP contribution in [0.5, 0.6) is 5.75 Å². The van der Waals surface area contributed by atoms with E-state index in [1.165, 1.54) is 5.56 Å². The lowest BCUT2D eigenvalue weighted by molar-refractivity contribution is 0.0942. The molecule has 0 saturated heterocycles. The van der Waals surface area contributed by atoms with E-state index >= 15 is 0 Å². The van der Waals surface area contributed by atoms with Crippen LogP contribution >= 0.6 is 11.6 Å². The van der Waals surface area contributed by atoms with Crippen molar-refractivity contribution in [3.63, 3.8) is 0 Å². The topological polar surface area (TPSA) is 50.4 Å². The number of benzene rings is 3. The van der Waals surface area contributed by atoms with Crippen molar-refractivity contribution < 1.29 is 9.53 Å². The molecule has 1 amide bonds. The van der Waals surface area contributed by atoms with Crippen molar-refractivity contribution in [2.45, 2.75) is 32.8 Å². The minimum atomic E-state index is -0.253. The lowest BCUT2D eigenvalue weighted by Gasteiger charge is -2.19. The Kier molecular flexibility index (Phi) is 7.03. The fraction of sp³-hybridized carbons (Fsp3) is 0.192. The maximum absolute atomic E-state index is 12.4. The Bertz CT molecular complexity index is 1030. The predicted octanol–water partition coefficient (Wildman–Crippen LogP) is 6.12. The molecule has 0 spiro atoms. The van der Waals surface area contributed by atoms with Crippen molar-refractivity contribution in [1.82, 2.24) is 10.9 Å². The van der Waals surface area contributed by atoms with Crippen molar-refractivity contribution in [2.24, 2.45) is 0 Å². The molecule has 160 valence electrons. The second-order valence-corrected chi connectivity index (χ2v) is 8.76. The molecular weight excluding hydrogens is 408 g/mol. The molecule has 0 radical (unpaired) electrons. The Balaban J connectivity index is 1.51. The molecule has 0 aliphatic carbocycles.